The highest BCUT2D eigenvalue weighted by atomic mass is 79.9. The Hall–Kier alpha value is -1.05. The fourth-order valence-electron chi connectivity index (χ4n) is 1.05. The average molecular weight is 255 g/mol. The number of methoxy groups -OCH3 is 1. The van der Waals surface area contributed by atoms with Crippen LogP contribution in [0.25, 0.3) is 0 Å². The van der Waals surface area contributed by atoms with Gasteiger partial charge in [0.15, 0.2) is 0 Å². The predicted molar refractivity (Wildman–Crippen MR) is 59.2 cm³/mol. The van der Waals surface area contributed by atoms with Crippen molar-refractivity contribution in [2.24, 2.45) is 0 Å². The van der Waals surface area contributed by atoms with E-state index < -0.39 is 0 Å². The van der Waals surface area contributed by atoms with Crippen LogP contribution in [0.15, 0.2) is 22.7 Å². The van der Waals surface area contributed by atoms with Crippen LogP contribution in [0.5, 0.6) is 0 Å². The summed E-state index contributed by atoms with van der Waals surface area (Å²) < 4.78 is 5.87. The second kappa shape index (κ2) is 5.63. The van der Waals surface area contributed by atoms with Crippen molar-refractivity contribution in [2.75, 3.05) is 25.6 Å². The standard InChI is InChI=1S/C10H11BrN2O/c1-14-5-4-13-10-6-9(11)3-2-8(10)7-12/h2-3,6,13H,4-5H2,1H3. The lowest BCUT2D eigenvalue weighted by atomic mass is 10.2. The molecule has 1 aromatic rings. The minimum Gasteiger partial charge on any atom is -0.383 e. The van der Waals surface area contributed by atoms with Crippen LogP contribution in [0, 0.1) is 11.3 Å². The Balaban J connectivity index is 2.73. The Morgan fingerprint density at radius 3 is 3.00 bits per heavy atom. The van der Waals surface area contributed by atoms with Crippen molar-refractivity contribution >= 4 is 21.6 Å². The van der Waals surface area contributed by atoms with Gasteiger partial charge in [0.2, 0.25) is 0 Å². The zero-order valence-electron chi connectivity index (χ0n) is 7.88. The fraction of sp³-hybridized carbons (Fsp3) is 0.300. The third-order valence-electron chi connectivity index (χ3n) is 1.72. The highest BCUT2D eigenvalue weighted by molar-refractivity contribution is 9.10. The minimum absolute atomic E-state index is 0.622. The van der Waals surface area contributed by atoms with Gasteiger partial charge >= 0.3 is 0 Å². The third kappa shape index (κ3) is 3.02. The van der Waals surface area contributed by atoms with E-state index in [2.05, 4.69) is 27.3 Å². The van der Waals surface area contributed by atoms with Crippen molar-refractivity contribution < 1.29 is 4.74 Å². The Labute approximate surface area is 91.8 Å². The topological polar surface area (TPSA) is 45.0 Å². The molecule has 1 N–H and O–H groups in total. The molecule has 0 spiro atoms. The number of ether oxygens (including phenoxy) is 1. The first kappa shape index (κ1) is 11.0. The van der Waals surface area contributed by atoms with Gasteiger partial charge in [-0.15, -0.1) is 0 Å². The van der Waals surface area contributed by atoms with Crippen molar-refractivity contribution in [3.8, 4) is 6.07 Å². The van der Waals surface area contributed by atoms with Crippen LogP contribution >= 0.6 is 15.9 Å². The number of halogens is 1. The number of nitrogens with zero attached hydrogens (tertiary/aromatic N) is 1. The van der Waals surface area contributed by atoms with Crippen LogP contribution in [0.1, 0.15) is 5.56 Å². The SMILES string of the molecule is COCCNc1cc(Br)ccc1C#N. The normalized spacial score (nSPS) is 9.50. The lowest BCUT2D eigenvalue weighted by Gasteiger charge is -2.07. The largest absolute Gasteiger partial charge is 0.383 e. The van der Waals surface area contributed by atoms with Gasteiger partial charge < -0.3 is 10.1 Å². The first-order valence-electron chi connectivity index (χ1n) is 4.20. The summed E-state index contributed by atoms with van der Waals surface area (Å²) in [6.07, 6.45) is 0. The molecule has 0 aliphatic heterocycles. The van der Waals surface area contributed by atoms with Gasteiger partial charge in [0.05, 0.1) is 17.9 Å². The van der Waals surface area contributed by atoms with E-state index in [9.17, 15) is 0 Å². The van der Waals surface area contributed by atoms with E-state index in [1.807, 2.05) is 12.1 Å². The molecular weight excluding hydrogens is 244 g/mol. The predicted octanol–water partition coefficient (Wildman–Crippen LogP) is 2.38. The lowest BCUT2D eigenvalue weighted by molar-refractivity contribution is 0.211. The quantitative estimate of drug-likeness (QED) is 0.840. The molecule has 0 aliphatic carbocycles. The highest BCUT2D eigenvalue weighted by Crippen LogP contribution is 2.20. The van der Waals surface area contributed by atoms with Crippen molar-refractivity contribution in [3.05, 3.63) is 28.2 Å². The van der Waals surface area contributed by atoms with Crippen molar-refractivity contribution in [1.82, 2.24) is 0 Å². The molecule has 0 aliphatic rings. The maximum absolute atomic E-state index is 8.83. The van der Waals surface area contributed by atoms with E-state index in [1.165, 1.54) is 0 Å². The Bertz CT molecular complexity index is 346. The van der Waals surface area contributed by atoms with E-state index in [4.69, 9.17) is 10.00 Å². The van der Waals surface area contributed by atoms with Crippen LogP contribution in [0.4, 0.5) is 5.69 Å². The molecule has 14 heavy (non-hydrogen) atoms. The number of nitrogens with one attached hydrogen (secondary N) is 1. The molecule has 3 nitrogen and oxygen atoms in total. The minimum atomic E-state index is 0.622. The van der Waals surface area contributed by atoms with Crippen LogP contribution in [0.3, 0.4) is 0 Å². The van der Waals surface area contributed by atoms with E-state index in [0.29, 0.717) is 18.7 Å². The zero-order valence-corrected chi connectivity index (χ0v) is 9.47. The number of benzene rings is 1. The molecule has 0 aromatic heterocycles. The summed E-state index contributed by atoms with van der Waals surface area (Å²) in [5.41, 5.74) is 1.48. The van der Waals surface area contributed by atoms with Gasteiger partial charge in [-0.25, -0.2) is 0 Å². The van der Waals surface area contributed by atoms with Gasteiger partial charge in [0.1, 0.15) is 6.07 Å². The van der Waals surface area contributed by atoms with Gasteiger partial charge in [-0.05, 0) is 18.2 Å². The molecule has 74 valence electrons. The molecule has 0 fully saturated rings. The summed E-state index contributed by atoms with van der Waals surface area (Å²) in [4.78, 5) is 0. The summed E-state index contributed by atoms with van der Waals surface area (Å²) in [6, 6.07) is 7.63. The van der Waals surface area contributed by atoms with Crippen LogP contribution < -0.4 is 5.32 Å². The molecule has 0 bridgehead atoms. The van der Waals surface area contributed by atoms with Crippen molar-refractivity contribution in [1.29, 1.82) is 5.26 Å². The number of anilines is 1. The molecular formula is C10H11BrN2O. The molecule has 0 amide bonds. The van der Waals surface area contributed by atoms with Crippen LogP contribution in [-0.2, 0) is 4.74 Å². The van der Waals surface area contributed by atoms with Gasteiger partial charge in [0.25, 0.3) is 0 Å². The Morgan fingerprint density at radius 2 is 2.36 bits per heavy atom. The lowest BCUT2D eigenvalue weighted by Crippen LogP contribution is -2.08. The van der Waals surface area contributed by atoms with Crippen molar-refractivity contribution in [2.45, 2.75) is 0 Å². The molecule has 0 saturated heterocycles. The number of rotatable bonds is 4. The van der Waals surface area contributed by atoms with Crippen molar-refractivity contribution in [3.63, 3.8) is 0 Å². The summed E-state index contributed by atoms with van der Waals surface area (Å²) in [6.45, 7) is 1.32. The summed E-state index contributed by atoms with van der Waals surface area (Å²) in [5.74, 6) is 0. The number of nitriles is 1. The molecule has 0 radical (unpaired) electrons. The van der Waals surface area contributed by atoms with Gasteiger partial charge in [-0.2, -0.15) is 5.26 Å². The molecule has 0 saturated carbocycles. The summed E-state index contributed by atoms with van der Waals surface area (Å²) >= 11 is 3.35. The van der Waals surface area contributed by atoms with Crippen LogP contribution in [0.2, 0.25) is 0 Å². The van der Waals surface area contributed by atoms with E-state index in [1.54, 1.807) is 13.2 Å². The summed E-state index contributed by atoms with van der Waals surface area (Å²) in [7, 11) is 1.65. The first-order chi connectivity index (χ1) is 6.77. The second-order valence-electron chi connectivity index (χ2n) is 2.72. The van der Waals surface area contributed by atoms with E-state index in [-0.39, 0.29) is 0 Å². The number of hydrogen-bond acceptors (Lipinski definition) is 3. The molecule has 1 aromatic carbocycles. The second-order valence-corrected chi connectivity index (χ2v) is 3.64. The Morgan fingerprint density at radius 1 is 1.57 bits per heavy atom. The van der Waals surface area contributed by atoms with Gasteiger partial charge in [-0.1, -0.05) is 15.9 Å². The maximum Gasteiger partial charge on any atom is 0.101 e. The molecule has 1 rings (SSSR count). The highest BCUT2D eigenvalue weighted by Gasteiger charge is 2.01. The number of hydrogen-bond donors (Lipinski definition) is 1. The molecule has 0 atom stereocenters. The first-order valence-corrected chi connectivity index (χ1v) is 4.99. The van der Waals surface area contributed by atoms with E-state index in [0.717, 1.165) is 10.2 Å². The summed E-state index contributed by atoms with van der Waals surface area (Å²) in [5, 5.41) is 12.0. The van der Waals surface area contributed by atoms with E-state index >= 15 is 0 Å². The maximum atomic E-state index is 8.83. The smallest absolute Gasteiger partial charge is 0.101 e. The Kier molecular flexibility index (Phi) is 4.44. The molecule has 0 unspecified atom stereocenters. The van der Waals surface area contributed by atoms with Crippen LogP contribution in [-0.4, -0.2) is 20.3 Å². The van der Waals surface area contributed by atoms with Gasteiger partial charge in [0, 0.05) is 18.1 Å². The third-order valence-corrected chi connectivity index (χ3v) is 2.22. The molecule has 4 heteroatoms. The fourth-order valence-corrected chi connectivity index (χ4v) is 1.41. The zero-order chi connectivity index (χ0) is 10.4. The average Bonchev–Trinajstić information content (AvgIpc) is 2.19. The molecule has 0 heterocycles. The van der Waals surface area contributed by atoms with Gasteiger partial charge in [-0.3, -0.25) is 0 Å². The monoisotopic (exact) mass is 254 g/mol.